The molecular weight excluding hydrogens is 493 g/mol. The maximum Gasteiger partial charge on any atom is 0.329 e. The van der Waals surface area contributed by atoms with E-state index in [0.717, 1.165) is 19.3 Å². The van der Waals surface area contributed by atoms with Gasteiger partial charge in [0.15, 0.2) is 5.15 Å². The van der Waals surface area contributed by atoms with Crippen molar-refractivity contribution in [1.29, 1.82) is 0 Å². The highest BCUT2D eigenvalue weighted by molar-refractivity contribution is 6.31. The number of rotatable bonds is 9. The van der Waals surface area contributed by atoms with Gasteiger partial charge in [0.2, 0.25) is 11.8 Å². The Labute approximate surface area is 215 Å². The minimum atomic E-state index is -0.842. The normalized spacial score (nSPS) is 14.7. The van der Waals surface area contributed by atoms with Crippen molar-refractivity contribution in [1.82, 2.24) is 19.9 Å². The van der Waals surface area contributed by atoms with E-state index in [1.807, 2.05) is 0 Å². The van der Waals surface area contributed by atoms with Crippen LogP contribution in [0, 0.1) is 5.92 Å². The SMILES string of the molecule is CCC(=O)N(CC(=O)Nc1cc(Cl)ccc1-n1cc(Cl)nn1)C(CC1CCC1)C(=O)OC(C)(C)C. The van der Waals surface area contributed by atoms with Crippen LogP contribution in [0.4, 0.5) is 5.69 Å². The zero-order chi connectivity index (χ0) is 25.8. The molecule has 1 aliphatic carbocycles. The Hall–Kier alpha value is -2.65. The lowest BCUT2D eigenvalue weighted by atomic mass is 9.80. The number of carbonyl (C=O) groups is 3. The Kier molecular flexibility index (Phi) is 8.77. The molecule has 1 aromatic carbocycles. The lowest BCUT2D eigenvalue weighted by molar-refractivity contribution is -0.166. The Morgan fingerprint density at radius 2 is 1.97 bits per heavy atom. The second kappa shape index (κ2) is 11.4. The average Bonchev–Trinajstić information content (AvgIpc) is 3.16. The molecule has 190 valence electrons. The summed E-state index contributed by atoms with van der Waals surface area (Å²) in [5.74, 6) is -0.965. The first-order chi connectivity index (χ1) is 16.5. The number of ether oxygens (including phenoxy) is 1. The molecule has 2 amide bonds. The van der Waals surface area contributed by atoms with E-state index in [2.05, 4.69) is 15.6 Å². The maximum atomic E-state index is 13.2. The molecule has 1 saturated carbocycles. The van der Waals surface area contributed by atoms with E-state index < -0.39 is 23.5 Å². The molecule has 1 aromatic heterocycles. The van der Waals surface area contributed by atoms with Gasteiger partial charge in [-0.1, -0.05) is 54.6 Å². The standard InChI is InChI=1S/C24H31Cl2N5O4/c1-5-22(33)30(19(11-15-7-6-8-15)23(34)35-24(2,3)4)14-21(32)27-17-12-16(25)9-10-18(17)31-13-20(26)28-29-31/h9-10,12-13,15,19H,5-8,11,14H2,1-4H3,(H,27,32). The van der Waals surface area contributed by atoms with Crippen molar-refractivity contribution in [3.05, 3.63) is 34.6 Å². The molecule has 0 bridgehead atoms. The molecule has 1 N–H and O–H groups in total. The number of aromatic nitrogens is 3. The fourth-order valence-electron chi connectivity index (χ4n) is 3.85. The highest BCUT2D eigenvalue weighted by Crippen LogP contribution is 2.33. The zero-order valence-corrected chi connectivity index (χ0v) is 21.9. The second-order valence-electron chi connectivity index (χ2n) is 9.65. The largest absolute Gasteiger partial charge is 0.458 e. The van der Waals surface area contributed by atoms with Gasteiger partial charge >= 0.3 is 5.97 Å². The molecule has 1 unspecified atom stereocenters. The monoisotopic (exact) mass is 523 g/mol. The number of benzene rings is 1. The smallest absolute Gasteiger partial charge is 0.329 e. The number of nitrogens with zero attached hydrogens (tertiary/aromatic N) is 4. The highest BCUT2D eigenvalue weighted by atomic mass is 35.5. The van der Waals surface area contributed by atoms with E-state index in [0.29, 0.717) is 28.7 Å². The van der Waals surface area contributed by atoms with E-state index in [4.69, 9.17) is 27.9 Å². The van der Waals surface area contributed by atoms with Gasteiger partial charge in [-0.25, -0.2) is 9.48 Å². The molecule has 0 saturated heterocycles. The number of halogens is 2. The van der Waals surface area contributed by atoms with Crippen LogP contribution in [-0.4, -0.2) is 55.9 Å². The molecule has 3 rings (SSSR count). The van der Waals surface area contributed by atoms with Gasteiger partial charge in [-0.2, -0.15) is 0 Å². The predicted molar refractivity (Wildman–Crippen MR) is 134 cm³/mol. The molecule has 2 aromatic rings. The summed E-state index contributed by atoms with van der Waals surface area (Å²) in [6.07, 6.45) is 5.19. The van der Waals surface area contributed by atoms with Gasteiger partial charge in [-0.05, 0) is 51.3 Å². The summed E-state index contributed by atoms with van der Waals surface area (Å²) in [5.41, 5.74) is 0.141. The number of hydrogen-bond acceptors (Lipinski definition) is 6. The van der Waals surface area contributed by atoms with E-state index in [1.165, 1.54) is 15.8 Å². The number of carbonyl (C=O) groups excluding carboxylic acids is 3. The summed E-state index contributed by atoms with van der Waals surface area (Å²) in [6.45, 7) is 6.73. The van der Waals surface area contributed by atoms with E-state index in [9.17, 15) is 14.4 Å². The lowest BCUT2D eigenvalue weighted by Crippen LogP contribution is -2.51. The van der Waals surface area contributed by atoms with Gasteiger partial charge in [-0.15, -0.1) is 5.10 Å². The first kappa shape index (κ1) is 26.9. The van der Waals surface area contributed by atoms with Crippen LogP contribution in [0.5, 0.6) is 0 Å². The molecule has 1 fully saturated rings. The molecule has 35 heavy (non-hydrogen) atoms. The van der Waals surface area contributed by atoms with Gasteiger partial charge in [0, 0.05) is 11.4 Å². The van der Waals surface area contributed by atoms with Crippen molar-refractivity contribution < 1.29 is 19.1 Å². The predicted octanol–water partition coefficient (Wildman–Crippen LogP) is 4.65. The van der Waals surface area contributed by atoms with Crippen LogP contribution in [0.2, 0.25) is 10.2 Å². The number of amides is 2. The Balaban J connectivity index is 1.84. The van der Waals surface area contributed by atoms with Crippen LogP contribution < -0.4 is 5.32 Å². The van der Waals surface area contributed by atoms with E-state index in [1.54, 1.807) is 45.9 Å². The van der Waals surface area contributed by atoms with Crippen LogP contribution in [0.1, 0.15) is 59.8 Å². The molecule has 1 heterocycles. The summed E-state index contributed by atoms with van der Waals surface area (Å²) in [4.78, 5) is 40.5. The quantitative estimate of drug-likeness (QED) is 0.479. The van der Waals surface area contributed by atoms with Crippen molar-refractivity contribution in [2.45, 2.75) is 71.4 Å². The molecule has 0 radical (unpaired) electrons. The van der Waals surface area contributed by atoms with Gasteiger partial charge in [0.1, 0.15) is 18.2 Å². The molecule has 11 heteroatoms. The third kappa shape index (κ3) is 7.41. The summed E-state index contributed by atoms with van der Waals surface area (Å²) in [5, 5.41) is 11.1. The van der Waals surface area contributed by atoms with Crippen LogP contribution >= 0.6 is 23.2 Å². The van der Waals surface area contributed by atoms with E-state index >= 15 is 0 Å². The third-order valence-corrected chi connectivity index (χ3v) is 6.13. The summed E-state index contributed by atoms with van der Waals surface area (Å²) >= 11 is 12.0. The van der Waals surface area contributed by atoms with Gasteiger partial charge < -0.3 is 15.0 Å². The molecule has 1 atom stereocenters. The van der Waals surface area contributed by atoms with Crippen molar-refractivity contribution in [2.24, 2.45) is 5.92 Å². The maximum absolute atomic E-state index is 13.2. The molecule has 0 aliphatic heterocycles. The molecule has 0 spiro atoms. The Morgan fingerprint density at radius 1 is 1.26 bits per heavy atom. The third-order valence-electron chi connectivity index (χ3n) is 5.72. The first-order valence-corrected chi connectivity index (χ1v) is 12.4. The first-order valence-electron chi connectivity index (χ1n) is 11.7. The average molecular weight is 524 g/mol. The van der Waals surface area contributed by atoms with Crippen LogP contribution in [0.15, 0.2) is 24.4 Å². The fourth-order valence-corrected chi connectivity index (χ4v) is 4.15. The van der Waals surface area contributed by atoms with Gasteiger partial charge in [0.25, 0.3) is 0 Å². The van der Waals surface area contributed by atoms with Crippen molar-refractivity contribution in [3.63, 3.8) is 0 Å². The van der Waals surface area contributed by atoms with Gasteiger partial charge in [-0.3, -0.25) is 9.59 Å². The topological polar surface area (TPSA) is 106 Å². The van der Waals surface area contributed by atoms with Crippen molar-refractivity contribution in [3.8, 4) is 5.69 Å². The lowest BCUT2D eigenvalue weighted by Gasteiger charge is -2.36. The van der Waals surface area contributed by atoms with Crippen LogP contribution in [0.25, 0.3) is 5.69 Å². The van der Waals surface area contributed by atoms with Crippen LogP contribution in [-0.2, 0) is 19.1 Å². The number of anilines is 1. The van der Waals surface area contributed by atoms with Crippen molar-refractivity contribution >= 4 is 46.7 Å². The number of nitrogens with one attached hydrogen (secondary N) is 1. The highest BCUT2D eigenvalue weighted by Gasteiger charge is 2.37. The number of esters is 1. The van der Waals surface area contributed by atoms with E-state index in [-0.39, 0.29) is 24.0 Å². The van der Waals surface area contributed by atoms with Crippen LogP contribution in [0.3, 0.4) is 0 Å². The molecule has 9 nitrogen and oxygen atoms in total. The molecule has 1 aliphatic rings. The Morgan fingerprint density at radius 3 is 2.51 bits per heavy atom. The Bertz CT molecular complexity index is 1080. The minimum absolute atomic E-state index is 0.150. The second-order valence-corrected chi connectivity index (χ2v) is 10.5. The molecular formula is C24H31Cl2N5O4. The number of hydrogen-bond donors (Lipinski definition) is 1. The van der Waals surface area contributed by atoms with Gasteiger partial charge in [0.05, 0.1) is 17.6 Å². The summed E-state index contributed by atoms with van der Waals surface area (Å²) in [6, 6.07) is 4.03. The minimum Gasteiger partial charge on any atom is -0.458 e. The summed E-state index contributed by atoms with van der Waals surface area (Å²) in [7, 11) is 0. The summed E-state index contributed by atoms with van der Waals surface area (Å²) < 4.78 is 7.03. The zero-order valence-electron chi connectivity index (χ0n) is 20.4. The van der Waals surface area contributed by atoms with Crippen molar-refractivity contribution in [2.75, 3.05) is 11.9 Å². The fraction of sp³-hybridized carbons (Fsp3) is 0.542.